The number of thiophene rings is 1. The van der Waals surface area contributed by atoms with E-state index in [0.717, 1.165) is 10.4 Å². The van der Waals surface area contributed by atoms with Gasteiger partial charge in [0.2, 0.25) is 0 Å². The van der Waals surface area contributed by atoms with Crippen molar-refractivity contribution in [3.05, 3.63) is 69.5 Å². The number of pyridine rings is 1. The number of methoxy groups -OCH3 is 1. The van der Waals surface area contributed by atoms with Crippen LogP contribution in [0.4, 0.5) is 0 Å². The van der Waals surface area contributed by atoms with Crippen molar-refractivity contribution in [2.75, 3.05) is 7.11 Å². The first-order valence-corrected chi connectivity index (χ1v) is 8.54. The number of hydrogen-bond donors (Lipinski definition) is 1. The maximum Gasteiger partial charge on any atom is 0.251 e. The van der Waals surface area contributed by atoms with E-state index in [0.29, 0.717) is 28.6 Å². The molecule has 0 aliphatic rings. The average molecular weight is 359 g/mol. The number of amides is 1. The van der Waals surface area contributed by atoms with E-state index >= 15 is 0 Å². The van der Waals surface area contributed by atoms with Gasteiger partial charge in [0, 0.05) is 22.2 Å². The topological polar surface area (TPSA) is 51.2 Å². The molecule has 6 heteroatoms. The van der Waals surface area contributed by atoms with Gasteiger partial charge in [-0.15, -0.1) is 11.3 Å². The molecule has 0 fully saturated rings. The summed E-state index contributed by atoms with van der Waals surface area (Å²) in [6.45, 7) is 0.507. The van der Waals surface area contributed by atoms with Crippen LogP contribution in [-0.4, -0.2) is 18.0 Å². The molecule has 122 valence electrons. The van der Waals surface area contributed by atoms with Crippen LogP contribution in [0.15, 0.2) is 54.0 Å². The van der Waals surface area contributed by atoms with Crippen LogP contribution in [0.3, 0.4) is 0 Å². The summed E-state index contributed by atoms with van der Waals surface area (Å²) in [5, 5.41) is 5.41. The maximum absolute atomic E-state index is 12.3. The molecule has 24 heavy (non-hydrogen) atoms. The lowest BCUT2D eigenvalue weighted by molar-refractivity contribution is 0.0951. The normalized spacial score (nSPS) is 10.4. The van der Waals surface area contributed by atoms with E-state index in [1.807, 2.05) is 17.5 Å². The Kier molecular flexibility index (Phi) is 5.13. The Morgan fingerprint density at radius 1 is 1.29 bits per heavy atom. The Hall–Kier alpha value is -2.37. The molecule has 2 heterocycles. The SMILES string of the molecule is COc1cc(C(=O)NCc2cccs2)ccc1-c1ncccc1Cl. The summed E-state index contributed by atoms with van der Waals surface area (Å²) in [6, 6.07) is 12.7. The zero-order chi connectivity index (χ0) is 16.9. The molecule has 0 aliphatic heterocycles. The third-order valence-electron chi connectivity index (χ3n) is 3.48. The minimum absolute atomic E-state index is 0.152. The first-order chi connectivity index (χ1) is 11.7. The molecule has 0 radical (unpaired) electrons. The van der Waals surface area contributed by atoms with E-state index in [-0.39, 0.29) is 5.91 Å². The Morgan fingerprint density at radius 3 is 2.88 bits per heavy atom. The summed E-state index contributed by atoms with van der Waals surface area (Å²) in [5.74, 6) is 0.403. The highest BCUT2D eigenvalue weighted by molar-refractivity contribution is 7.09. The van der Waals surface area contributed by atoms with Crippen molar-refractivity contribution < 1.29 is 9.53 Å². The van der Waals surface area contributed by atoms with Crippen LogP contribution in [0, 0.1) is 0 Å². The molecule has 0 saturated heterocycles. The minimum Gasteiger partial charge on any atom is -0.496 e. The second kappa shape index (κ2) is 7.47. The lowest BCUT2D eigenvalue weighted by atomic mass is 10.1. The summed E-state index contributed by atoms with van der Waals surface area (Å²) in [4.78, 5) is 17.7. The number of rotatable bonds is 5. The summed E-state index contributed by atoms with van der Waals surface area (Å²) in [6.07, 6.45) is 1.67. The predicted molar refractivity (Wildman–Crippen MR) is 96.7 cm³/mol. The van der Waals surface area contributed by atoms with E-state index in [4.69, 9.17) is 16.3 Å². The molecule has 0 atom stereocenters. The fourth-order valence-corrected chi connectivity index (χ4v) is 3.16. The van der Waals surface area contributed by atoms with Crippen molar-refractivity contribution in [2.24, 2.45) is 0 Å². The lowest BCUT2D eigenvalue weighted by Crippen LogP contribution is -2.22. The average Bonchev–Trinajstić information content (AvgIpc) is 3.13. The summed E-state index contributed by atoms with van der Waals surface area (Å²) in [7, 11) is 1.56. The second-order valence-corrected chi connectivity index (χ2v) is 6.45. The summed E-state index contributed by atoms with van der Waals surface area (Å²) < 4.78 is 5.42. The van der Waals surface area contributed by atoms with Gasteiger partial charge in [0.05, 0.1) is 24.4 Å². The van der Waals surface area contributed by atoms with Crippen LogP contribution in [0.25, 0.3) is 11.3 Å². The van der Waals surface area contributed by atoms with E-state index < -0.39 is 0 Å². The van der Waals surface area contributed by atoms with Gasteiger partial charge in [-0.25, -0.2) is 0 Å². The first kappa shape index (κ1) is 16.5. The Morgan fingerprint density at radius 2 is 2.17 bits per heavy atom. The smallest absolute Gasteiger partial charge is 0.251 e. The first-order valence-electron chi connectivity index (χ1n) is 7.28. The van der Waals surface area contributed by atoms with Gasteiger partial charge in [0.1, 0.15) is 5.75 Å². The summed E-state index contributed by atoms with van der Waals surface area (Å²) >= 11 is 7.81. The van der Waals surface area contributed by atoms with Gasteiger partial charge in [-0.2, -0.15) is 0 Å². The van der Waals surface area contributed by atoms with Crippen molar-refractivity contribution in [1.29, 1.82) is 0 Å². The number of aromatic nitrogens is 1. The van der Waals surface area contributed by atoms with Crippen LogP contribution in [0.2, 0.25) is 5.02 Å². The van der Waals surface area contributed by atoms with E-state index in [1.54, 1.807) is 55.0 Å². The second-order valence-electron chi connectivity index (χ2n) is 5.01. The molecule has 0 unspecified atom stereocenters. The molecule has 4 nitrogen and oxygen atoms in total. The quantitative estimate of drug-likeness (QED) is 0.735. The molecule has 0 aliphatic carbocycles. The van der Waals surface area contributed by atoms with Crippen molar-refractivity contribution in [3.8, 4) is 17.0 Å². The van der Waals surface area contributed by atoms with Gasteiger partial charge < -0.3 is 10.1 Å². The third-order valence-corrected chi connectivity index (χ3v) is 4.66. The molecular weight excluding hydrogens is 344 g/mol. The fourth-order valence-electron chi connectivity index (χ4n) is 2.29. The molecule has 1 aromatic carbocycles. The minimum atomic E-state index is -0.152. The fraction of sp³-hybridized carbons (Fsp3) is 0.111. The van der Waals surface area contributed by atoms with E-state index in [9.17, 15) is 4.79 Å². The Labute approximate surface area is 149 Å². The predicted octanol–water partition coefficient (Wildman–Crippen LogP) is 4.40. The van der Waals surface area contributed by atoms with Gasteiger partial charge in [0.25, 0.3) is 5.91 Å². The molecule has 0 saturated carbocycles. The number of hydrogen-bond acceptors (Lipinski definition) is 4. The molecule has 2 aromatic heterocycles. The van der Waals surface area contributed by atoms with Crippen molar-refractivity contribution >= 4 is 28.8 Å². The summed E-state index contributed by atoms with van der Waals surface area (Å²) in [5.41, 5.74) is 1.90. The van der Waals surface area contributed by atoms with Gasteiger partial charge in [-0.3, -0.25) is 9.78 Å². The van der Waals surface area contributed by atoms with Crippen molar-refractivity contribution in [2.45, 2.75) is 6.54 Å². The van der Waals surface area contributed by atoms with Gasteiger partial charge >= 0.3 is 0 Å². The number of carbonyl (C=O) groups is 1. The zero-order valence-electron chi connectivity index (χ0n) is 13.0. The number of nitrogens with one attached hydrogen (secondary N) is 1. The molecule has 3 aromatic rings. The number of carbonyl (C=O) groups excluding carboxylic acids is 1. The van der Waals surface area contributed by atoms with Gasteiger partial charge in [-0.1, -0.05) is 17.7 Å². The van der Waals surface area contributed by atoms with Crippen LogP contribution in [0.5, 0.6) is 5.75 Å². The molecule has 3 rings (SSSR count). The molecular formula is C18H15ClN2O2S. The standard InChI is InChI=1S/C18H15ClN2O2S/c1-23-16-10-12(18(22)21-11-13-4-3-9-24-13)6-7-14(16)17-15(19)5-2-8-20-17/h2-10H,11H2,1H3,(H,21,22). The van der Waals surface area contributed by atoms with Crippen LogP contribution in [0.1, 0.15) is 15.2 Å². The monoisotopic (exact) mass is 358 g/mol. The van der Waals surface area contributed by atoms with E-state index in [2.05, 4.69) is 10.3 Å². The van der Waals surface area contributed by atoms with E-state index in [1.165, 1.54) is 0 Å². The molecule has 0 spiro atoms. The van der Waals surface area contributed by atoms with Gasteiger partial charge in [-0.05, 0) is 41.8 Å². The number of nitrogens with zero attached hydrogens (tertiary/aromatic N) is 1. The maximum atomic E-state index is 12.3. The Bertz CT molecular complexity index is 850. The molecule has 1 N–H and O–H groups in total. The highest BCUT2D eigenvalue weighted by atomic mass is 35.5. The highest BCUT2D eigenvalue weighted by Crippen LogP contribution is 2.33. The van der Waals surface area contributed by atoms with Crippen molar-refractivity contribution in [3.63, 3.8) is 0 Å². The largest absolute Gasteiger partial charge is 0.496 e. The highest BCUT2D eigenvalue weighted by Gasteiger charge is 2.14. The number of benzene rings is 1. The Balaban J connectivity index is 1.83. The number of halogens is 1. The zero-order valence-corrected chi connectivity index (χ0v) is 14.5. The third kappa shape index (κ3) is 3.58. The van der Waals surface area contributed by atoms with Crippen molar-refractivity contribution in [1.82, 2.24) is 10.3 Å². The lowest BCUT2D eigenvalue weighted by Gasteiger charge is -2.11. The molecule has 1 amide bonds. The number of ether oxygens (including phenoxy) is 1. The van der Waals surface area contributed by atoms with Crippen LogP contribution in [-0.2, 0) is 6.54 Å². The van der Waals surface area contributed by atoms with Gasteiger partial charge in [0.15, 0.2) is 0 Å². The molecule has 0 bridgehead atoms. The van der Waals surface area contributed by atoms with Crippen LogP contribution < -0.4 is 10.1 Å². The van der Waals surface area contributed by atoms with Crippen LogP contribution >= 0.6 is 22.9 Å².